The molecule has 3 rings (SSSR count). The highest BCUT2D eigenvalue weighted by molar-refractivity contribution is 6.35. The topological polar surface area (TPSA) is 60.9 Å². The number of piperidine rings is 1. The standard InChI is InChI=1S/C24H34N2O3/c1-4-5-6-7-13-26-23(28)21(20-11-10-17(2)14-18(20)3)22(24(26)29)25-12-8-9-19(15-25)16-27/h10-11,14,19,27H,4-9,12-13,15-16H2,1-3H3. The second-order valence-corrected chi connectivity index (χ2v) is 8.50. The van der Waals surface area contributed by atoms with E-state index in [1.54, 1.807) is 0 Å². The van der Waals surface area contributed by atoms with Crippen molar-refractivity contribution in [1.29, 1.82) is 0 Å². The maximum atomic E-state index is 13.4. The van der Waals surface area contributed by atoms with Crippen molar-refractivity contribution < 1.29 is 14.7 Å². The third-order valence-corrected chi connectivity index (χ3v) is 6.12. The molecule has 2 amide bonds. The van der Waals surface area contributed by atoms with Crippen LogP contribution in [0.3, 0.4) is 0 Å². The maximum Gasteiger partial charge on any atom is 0.277 e. The van der Waals surface area contributed by atoms with E-state index in [2.05, 4.69) is 13.0 Å². The lowest BCUT2D eigenvalue weighted by Crippen LogP contribution is -2.40. The van der Waals surface area contributed by atoms with E-state index >= 15 is 0 Å². The van der Waals surface area contributed by atoms with Crippen molar-refractivity contribution in [3.8, 4) is 0 Å². The first kappa shape index (κ1) is 21.6. The number of aryl methyl sites for hydroxylation is 2. The van der Waals surface area contributed by atoms with Gasteiger partial charge in [-0.05, 0) is 50.2 Å². The highest BCUT2D eigenvalue weighted by Crippen LogP contribution is 2.35. The summed E-state index contributed by atoms with van der Waals surface area (Å²) in [6.45, 7) is 8.16. The average Bonchev–Trinajstić information content (AvgIpc) is 2.95. The minimum Gasteiger partial charge on any atom is -0.396 e. The van der Waals surface area contributed by atoms with Crippen LogP contribution in [0.5, 0.6) is 0 Å². The van der Waals surface area contributed by atoms with Gasteiger partial charge < -0.3 is 10.0 Å². The van der Waals surface area contributed by atoms with Crippen LogP contribution in [0, 0.1) is 19.8 Å². The molecule has 0 aromatic heterocycles. The van der Waals surface area contributed by atoms with Crippen molar-refractivity contribution >= 4 is 17.4 Å². The van der Waals surface area contributed by atoms with Gasteiger partial charge in [0.1, 0.15) is 5.70 Å². The number of likely N-dealkylation sites (tertiary alicyclic amines) is 1. The number of benzene rings is 1. The molecule has 2 aliphatic rings. The monoisotopic (exact) mass is 398 g/mol. The summed E-state index contributed by atoms with van der Waals surface area (Å²) in [5.74, 6) is -0.183. The van der Waals surface area contributed by atoms with Gasteiger partial charge in [0.15, 0.2) is 0 Å². The molecule has 1 aromatic carbocycles. The van der Waals surface area contributed by atoms with Gasteiger partial charge in [-0.15, -0.1) is 0 Å². The van der Waals surface area contributed by atoms with Gasteiger partial charge in [0, 0.05) is 26.2 Å². The number of hydrogen-bond acceptors (Lipinski definition) is 4. The normalized spacial score (nSPS) is 20.2. The predicted molar refractivity (Wildman–Crippen MR) is 115 cm³/mol. The van der Waals surface area contributed by atoms with Crippen LogP contribution >= 0.6 is 0 Å². The molecule has 158 valence electrons. The van der Waals surface area contributed by atoms with E-state index in [-0.39, 0.29) is 24.3 Å². The molecule has 0 saturated carbocycles. The van der Waals surface area contributed by atoms with Crippen LogP contribution < -0.4 is 0 Å². The van der Waals surface area contributed by atoms with E-state index in [1.807, 2.05) is 30.9 Å². The number of amides is 2. The number of unbranched alkanes of at least 4 members (excludes halogenated alkanes) is 3. The number of imide groups is 1. The summed E-state index contributed by atoms with van der Waals surface area (Å²) in [6, 6.07) is 6.04. The van der Waals surface area contributed by atoms with Gasteiger partial charge in [0.25, 0.3) is 11.8 Å². The second-order valence-electron chi connectivity index (χ2n) is 8.50. The van der Waals surface area contributed by atoms with E-state index in [1.165, 1.54) is 4.90 Å². The Kier molecular flexibility index (Phi) is 7.12. The molecule has 5 nitrogen and oxygen atoms in total. The summed E-state index contributed by atoms with van der Waals surface area (Å²) in [4.78, 5) is 30.3. The van der Waals surface area contributed by atoms with E-state index in [0.717, 1.165) is 61.8 Å². The molecule has 0 radical (unpaired) electrons. The SMILES string of the molecule is CCCCCCN1C(=O)C(c2ccc(C)cc2C)=C(N2CCCC(CO)C2)C1=O. The van der Waals surface area contributed by atoms with Crippen LogP contribution in [-0.4, -0.2) is 53.0 Å². The van der Waals surface area contributed by atoms with Crippen molar-refractivity contribution in [3.63, 3.8) is 0 Å². The summed E-state index contributed by atoms with van der Waals surface area (Å²) in [6.07, 6.45) is 5.99. The van der Waals surface area contributed by atoms with Crippen LogP contribution in [0.15, 0.2) is 23.9 Å². The zero-order valence-electron chi connectivity index (χ0n) is 18.0. The van der Waals surface area contributed by atoms with Crippen LogP contribution in [-0.2, 0) is 9.59 Å². The number of aliphatic hydroxyl groups excluding tert-OH is 1. The van der Waals surface area contributed by atoms with Gasteiger partial charge in [-0.2, -0.15) is 0 Å². The minimum absolute atomic E-state index is 0.117. The molecule has 2 heterocycles. The lowest BCUT2D eigenvalue weighted by Gasteiger charge is -2.34. The molecule has 1 fully saturated rings. The van der Waals surface area contributed by atoms with E-state index in [0.29, 0.717) is 24.4 Å². The molecular weight excluding hydrogens is 364 g/mol. The van der Waals surface area contributed by atoms with Gasteiger partial charge in [-0.25, -0.2) is 0 Å². The summed E-state index contributed by atoms with van der Waals surface area (Å²) in [7, 11) is 0. The molecule has 0 spiro atoms. The predicted octanol–water partition coefficient (Wildman–Crippen LogP) is 3.67. The highest BCUT2D eigenvalue weighted by Gasteiger charge is 2.42. The molecule has 2 aliphatic heterocycles. The van der Waals surface area contributed by atoms with Gasteiger partial charge in [-0.1, -0.05) is 49.9 Å². The number of nitrogens with zero attached hydrogens (tertiary/aromatic N) is 2. The number of carbonyl (C=O) groups excluding carboxylic acids is 2. The lowest BCUT2D eigenvalue weighted by atomic mass is 9.95. The van der Waals surface area contributed by atoms with Crippen LogP contribution in [0.1, 0.15) is 62.1 Å². The van der Waals surface area contributed by atoms with Crippen molar-refractivity contribution in [2.24, 2.45) is 5.92 Å². The summed E-state index contributed by atoms with van der Waals surface area (Å²) < 4.78 is 0. The molecule has 0 bridgehead atoms. The second kappa shape index (κ2) is 9.57. The van der Waals surface area contributed by atoms with Gasteiger partial charge in [0.05, 0.1) is 5.57 Å². The molecule has 5 heteroatoms. The Morgan fingerprint density at radius 1 is 1.10 bits per heavy atom. The van der Waals surface area contributed by atoms with Crippen LogP contribution in [0.25, 0.3) is 5.57 Å². The molecule has 29 heavy (non-hydrogen) atoms. The fraction of sp³-hybridized carbons (Fsp3) is 0.583. The lowest BCUT2D eigenvalue weighted by molar-refractivity contribution is -0.137. The molecule has 0 aliphatic carbocycles. The Morgan fingerprint density at radius 2 is 1.90 bits per heavy atom. The third kappa shape index (κ3) is 4.55. The Balaban J connectivity index is 1.97. The Hall–Kier alpha value is -2.14. The Morgan fingerprint density at radius 3 is 2.59 bits per heavy atom. The smallest absolute Gasteiger partial charge is 0.277 e. The fourth-order valence-corrected chi connectivity index (χ4v) is 4.51. The molecule has 1 atom stereocenters. The number of hydrogen-bond donors (Lipinski definition) is 1. The molecule has 1 unspecified atom stereocenters. The van der Waals surface area contributed by atoms with E-state index in [9.17, 15) is 14.7 Å². The van der Waals surface area contributed by atoms with Gasteiger partial charge in [-0.3, -0.25) is 14.5 Å². The average molecular weight is 399 g/mol. The van der Waals surface area contributed by atoms with Crippen molar-refractivity contribution in [1.82, 2.24) is 9.80 Å². The Bertz CT molecular complexity index is 799. The highest BCUT2D eigenvalue weighted by atomic mass is 16.3. The zero-order valence-corrected chi connectivity index (χ0v) is 18.0. The fourth-order valence-electron chi connectivity index (χ4n) is 4.51. The first-order valence-corrected chi connectivity index (χ1v) is 11.0. The molecule has 1 saturated heterocycles. The molecule has 1 N–H and O–H groups in total. The maximum absolute atomic E-state index is 13.4. The van der Waals surface area contributed by atoms with Crippen molar-refractivity contribution in [3.05, 3.63) is 40.6 Å². The van der Waals surface area contributed by atoms with E-state index < -0.39 is 0 Å². The number of rotatable bonds is 8. The van der Waals surface area contributed by atoms with Crippen molar-refractivity contribution in [2.75, 3.05) is 26.2 Å². The molecule has 1 aromatic rings. The van der Waals surface area contributed by atoms with E-state index in [4.69, 9.17) is 0 Å². The largest absolute Gasteiger partial charge is 0.396 e. The molecular formula is C24H34N2O3. The quantitative estimate of drug-likeness (QED) is 0.536. The van der Waals surface area contributed by atoms with Gasteiger partial charge in [0.2, 0.25) is 0 Å². The minimum atomic E-state index is -0.167. The number of aliphatic hydroxyl groups is 1. The summed E-state index contributed by atoms with van der Waals surface area (Å²) >= 11 is 0. The first-order chi connectivity index (χ1) is 14.0. The van der Waals surface area contributed by atoms with Crippen LogP contribution in [0.4, 0.5) is 0 Å². The Labute approximate surface area is 174 Å². The van der Waals surface area contributed by atoms with Crippen LogP contribution in [0.2, 0.25) is 0 Å². The zero-order chi connectivity index (χ0) is 21.0. The third-order valence-electron chi connectivity index (χ3n) is 6.12. The van der Waals surface area contributed by atoms with Crippen molar-refractivity contribution in [2.45, 2.75) is 59.3 Å². The summed E-state index contributed by atoms with van der Waals surface area (Å²) in [5.41, 5.74) is 4.09. The van der Waals surface area contributed by atoms with Gasteiger partial charge >= 0.3 is 0 Å². The summed E-state index contributed by atoms with van der Waals surface area (Å²) in [5, 5.41) is 9.64. The number of carbonyl (C=O) groups is 2. The first-order valence-electron chi connectivity index (χ1n) is 11.0.